The summed E-state index contributed by atoms with van der Waals surface area (Å²) in [6.45, 7) is 1.59. The predicted octanol–water partition coefficient (Wildman–Crippen LogP) is 1.96. The molecule has 0 amide bonds. The Kier molecular flexibility index (Phi) is 4.38. The third-order valence-electron chi connectivity index (χ3n) is 1.79. The number of benzene rings is 1. The molecule has 1 aromatic rings. The van der Waals surface area contributed by atoms with Crippen molar-refractivity contribution < 1.29 is 14.6 Å². The monoisotopic (exact) mass is 216 g/mol. The van der Waals surface area contributed by atoms with E-state index < -0.39 is 6.10 Å². The molecule has 0 saturated heterocycles. The van der Waals surface area contributed by atoms with Gasteiger partial charge in [0.2, 0.25) is 0 Å². The normalized spacial score (nSPS) is 12.9. The molecule has 1 aromatic carbocycles. The van der Waals surface area contributed by atoms with Gasteiger partial charge >= 0.3 is 0 Å². The highest BCUT2D eigenvalue weighted by molar-refractivity contribution is 7.99. The zero-order valence-electron chi connectivity index (χ0n) is 7.90. The van der Waals surface area contributed by atoms with Crippen LogP contribution in [-0.2, 0) is 0 Å². The molecule has 0 heterocycles. The number of hydrogen-bond acceptors (Lipinski definition) is 3. The van der Waals surface area contributed by atoms with Crippen molar-refractivity contribution in [1.82, 2.24) is 0 Å². The standard InChI is InChI=1S/C10H13FO2S/c1-7(13)8-3-2-4-9(11)10(8)14-6-5-12/h2-4,7,12-13H,5-6H2,1H3. The molecular weight excluding hydrogens is 203 g/mol. The summed E-state index contributed by atoms with van der Waals surface area (Å²) in [5.41, 5.74) is 0.573. The maximum absolute atomic E-state index is 13.3. The Morgan fingerprint density at radius 2 is 2.21 bits per heavy atom. The molecular formula is C10H13FO2S. The predicted molar refractivity (Wildman–Crippen MR) is 54.8 cm³/mol. The quantitative estimate of drug-likeness (QED) is 0.756. The molecule has 0 aliphatic heterocycles. The molecule has 14 heavy (non-hydrogen) atoms. The van der Waals surface area contributed by atoms with E-state index in [4.69, 9.17) is 5.11 Å². The molecule has 0 aliphatic carbocycles. The SMILES string of the molecule is CC(O)c1cccc(F)c1SCCO. The van der Waals surface area contributed by atoms with Gasteiger partial charge in [0, 0.05) is 10.6 Å². The first-order valence-electron chi connectivity index (χ1n) is 4.37. The molecule has 0 aliphatic rings. The van der Waals surface area contributed by atoms with Crippen molar-refractivity contribution in [3.63, 3.8) is 0 Å². The average Bonchev–Trinajstić information content (AvgIpc) is 2.15. The second-order valence-electron chi connectivity index (χ2n) is 2.91. The van der Waals surface area contributed by atoms with E-state index in [1.807, 2.05) is 0 Å². The number of rotatable bonds is 4. The fourth-order valence-corrected chi connectivity index (χ4v) is 2.06. The summed E-state index contributed by atoms with van der Waals surface area (Å²) in [7, 11) is 0. The number of aliphatic hydroxyl groups is 2. The zero-order chi connectivity index (χ0) is 10.6. The van der Waals surface area contributed by atoms with Crippen molar-refractivity contribution in [2.75, 3.05) is 12.4 Å². The summed E-state index contributed by atoms with van der Waals surface area (Å²) >= 11 is 1.22. The smallest absolute Gasteiger partial charge is 0.137 e. The van der Waals surface area contributed by atoms with Crippen LogP contribution in [-0.4, -0.2) is 22.6 Å². The van der Waals surface area contributed by atoms with Crippen LogP contribution in [0.5, 0.6) is 0 Å². The second-order valence-corrected chi connectivity index (χ2v) is 4.01. The molecule has 0 aromatic heterocycles. The number of halogens is 1. The molecule has 78 valence electrons. The van der Waals surface area contributed by atoms with E-state index in [-0.39, 0.29) is 12.4 Å². The van der Waals surface area contributed by atoms with Gasteiger partial charge < -0.3 is 10.2 Å². The van der Waals surface area contributed by atoms with E-state index in [1.165, 1.54) is 17.8 Å². The van der Waals surface area contributed by atoms with E-state index in [2.05, 4.69) is 0 Å². The maximum atomic E-state index is 13.3. The molecule has 0 saturated carbocycles. The van der Waals surface area contributed by atoms with Gasteiger partial charge in [-0.1, -0.05) is 12.1 Å². The summed E-state index contributed by atoms with van der Waals surface area (Å²) in [5.74, 6) is 0.0857. The Labute approximate surface area is 86.8 Å². The third-order valence-corrected chi connectivity index (χ3v) is 2.89. The van der Waals surface area contributed by atoms with E-state index in [9.17, 15) is 9.50 Å². The number of aliphatic hydroxyl groups excluding tert-OH is 2. The molecule has 4 heteroatoms. The van der Waals surface area contributed by atoms with E-state index in [0.717, 1.165) is 0 Å². The lowest BCUT2D eigenvalue weighted by molar-refractivity contribution is 0.195. The van der Waals surface area contributed by atoms with Crippen LogP contribution in [0.2, 0.25) is 0 Å². The Balaban J connectivity index is 2.96. The Bertz CT molecular complexity index is 302. The lowest BCUT2D eigenvalue weighted by Crippen LogP contribution is -1.98. The largest absolute Gasteiger partial charge is 0.396 e. The van der Waals surface area contributed by atoms with E-state index in [1.54, 1.807) is 19.1 Å². The highest BCUT2D eigenvalue weighted by Gasteiger charge is 2.12. The van der Waals surface area contributed by atoms with Crippen LogP contribution < -0.4 is 0 Å². The molecule has 2 N–H and O–H groups in total. The summed E-state index contributed by atoms with van der Waals surface area (Å²) in [4.78, 5) is 0.427. The first-order valence-corrected chi connectivity index (χ1v) is 5.35. The first kappa shape index (κ1) is 11.5. The molecule has 0 bridgehead atoms. The van der Waals surface area contributed by atoms with Crippen LogP contribution in [0.15, 0.2) is 23.1 Å². The molecule has 1 unspecified atom stereocenters. The fourth-order valence-electron chi connectivity index (χ4n) is 1.15. The van der Waals surface area contributed by atoms with Crippen molar-refractivity contribution in [2.24, 2.45) is 0 Å². The van der Waals surface area contributed by atoms with Crippen LogP contribution in [0.3, 0.4) is 0 Å². The van der Waals surface area contributed by atoms with Gasteiger partial charge in [0.1, 0.15) is 5.82 Å². The molecule has 0 radical (unpaired) electrons. The van der Waals surface area contributed by atoms with Gasteiger partial charge in [-0.3, -0.25) is 0 Å². The Morgan fingerprint density at radius 1 is 1.50 bits per heavy atom. The third kappa shape index (κ3) is 2.70. The minimum atomic E-state index is -0.688. The Hall–Kier alpha value is -0.580. The van der Waals surface area contributed by atoms with Crippen LogP contribution in [0.4, 0.5) is 4.39 Å². The zero-order valence-corrected chi connectivity index (χ0v) is 8.72. The van der Waals surface area contributed by atoms with Gasteiger partial charge in [-0.25, -0.2) is 4.39 Å². The molecule has 1 atom stereocenters. The maximum Gasteiger partial charge on any atom is 0.137 e. The average molecular weight is 216 g/mol. The van der Waals surface area contributed by atoms with Crippen molar-refractivity contribution >= 4 is 11.8 Å². The van der Waals surface area contributed by atoms with Crippen molar-refractivity contribution in [2.45, 2.75) is 17.9 Å². The minimum Gasteiger partial charge on any atom is -0.396 e. The molecule has 0 spiro atoms. The van der Waals surface area contributed by atoms with Gasteiger partial charge in [0.25, 0.3) is 0 Å². The summed E-state index contributed by atoms with van der Waals surface area (Å²) in [6, 6.07) is 4.61. The van der Waals surface area contributed by atoms with E-state index in [0.29, 0.717) is 16.2 Å². The highest BCUT2D eigenvalue weighted by atomic mass is 32.2. The Morgan fingerprint density at radius 3 is 2.79 bits per heavy atom. The van der Waals surface area contributed by atoms with Crippen molar-refractivity contribution in [3.8, 4) is 0 Å². The topological polar surface area (TPSA) is 40.5 Å². The van der Waals surface area contributed by atoms with Crippen molar-refractivity contribution in [1.29, 1.82) is 0 Å². The van der Waals surface area contributed by atoms with Gasteiger partial charge in [-0.05, 0) is 18.6 Å². The molecule has 0 fully saturated rings. The van der Waals surface area contributed by atoms with Crippen LogP contribution in [0, 0.1) is 5.82 Å². The van der Waals surface area contributed by atoms with E-state index >= 15 is 0 Å². The molecule has 1 rings (SSSR count). The van der Waals surface area contributed by atoms with Gasteiger partial charge in [-0.15, -0.1) is 11.8 Å². The van der Waals surface area contributed by atoms with Crippen LogP contribution >= 0.6 is 11.8 Å². The summed E-state index contributed by atoms with van der Waals surface area (Å²) in [5, 5.41) is 18.0. The number of thioether (sulfide) groups is 1. The summed E-state index contributed by atoms with van der Waals surface area (Å²) in [6.07, 6.45) is -0.688. The summed E-state index contributed by atoms with van der Waals surface area (Å²) < 4.78 is 13.3. The van der Waals surface area contributed by atoms with Gasteiger partial charge in [-0.2, -0.15) is 0 Å². The fraction of sp³-hybridized carbons (Fsp3) is 0.400. The number of hydrogen-bond donors (Lipinski definition) is 2. The lowest BCUT2D eigenvalue weighted by Gasteiger charge is -2.11. The highest BCUT2D eigenvalue weighted by Crippen LogP contribution is 2.29. The second kappa shape index (κ2) is 5.34. The molecule has 2 nitrogen and oxygen atoms in total. The van der Waals surface area contributed by atoms with Crippen LogP contribution in [0.25, 0.3) is 0 Å². The lowest BCUT2D eigenvalue weighted by atomic mass is 10.1. The first-order chi connectivity index (χ1) is 6.66. The minimum absolute atomic E-state index is 0.00174. The van der Waals surface area contributed by atoms with Gasteiger partial charge in [0.05, 0.1) is 12.7 Å². The van der Waals surface area contributed by atoms with Crippen LogP contribution in [0.1, 0.15) is 18.6 Å². The van der Waals surface area contributed by atoms with Crippen molar-refractivity contribution in [3.05, 3.63) is 29.6 Å². The van der Waals surface area contributed by atoms with Gasteiger partial charge in [0.15, 0.2) is 0 Å².